The van der Waals surface area contributed by atoms with Crippen molar-refractivity contribution in [1.29, 1.82) is 0 Å². The zero-order valence-electron chi connectivity index (χ0n) is 10.6. The largest absolute Gasteiger partial charge is 0.274 e. The lowest BCUT2D eigenvalue weighted by atomic mass is 10.2. The SMILES string of the molecule is CSc1ccc(C(=O)NOCc2ccccc2)cc1. The molecule has 2 rings (SSSR count). The second-order valence-corrected chi connectivity index (χ2v) is 4.81. The van der Waals surface area contributed by atoms with Crippen LogP contribution in [0.25, 0.3) is 0 Å². The molecule has 0 aliphatic rings. The molecule has 3 nitrogen and oxygen atoms in total. The van der Waals surface area contributed by atoms with Gasteiger partial charge < -0.3 is 0 Å². The molecule has 1 amide bonds. The molecule has 0 radical (unpaired) electrons. The molecule has 0 spiro atoms. The third kappa shape index (κ3) is 4.12. The van der Waals surface area contributed by atoms with Crippen molar-refractivity contribution in [2.45, 2.75) is 11.5 Å². The molecule has 0 aromatic heterocycles. The van der Waals surface area contributed by atoms with Crippen molar-refractivity contribution in [2.24, 2.45) is 0 Å². The van der Waals surface area contributed by atoms with E-state index >= 15 is 0 Å². The number of hydrogen-bond donors (Lipinski definition) is 1. The van der Waals surface area contributed by atoms with Crippen LogP contribution in [-0.4, -0.2) is 12.2 Å². The quantitative estimate of drug-likeness (QED) is 0.671. The highest BCUT2D eigenvalue weighted by Crippen LogP contribution is 2.14. The van der Waals surface area contributed by atoms with E-state index in [1.165, 1.54) is 0 Å². The van der Waals surface area contributed by atoms with Gasteiger partial charge in [-0.1, -0.05) is 30.3 Å². The highest BCUT2D eigenvalue weighted by atomic mass is 32.2. The van der Waals surface area contributed by atoms with Crippen LogP contribution in [0.4, 0.5) is 0 Å². The normalized spacial score (nSPS) is 10.2. The van der Waals surface area contributed by atoms with Gasteiger partial charge in [0.1, 0.15) is 0 Å². The summed E-state index contributed by atoms with van der Waals surface area (Å²) in [7, 11) is 0. The summed E-state index contributed by atoms with van der Waals surface area (Å²) in [6.45, 7) is 0.357. The fourth-order valence-electron chi connectivity index (χ4n) is 1.56. The monoisotopic (exact) mass is 273 g/mol. The van der Waals surface area contributed by atoms with Gasteiger partial charge >= 0.3 is 0 Å². The summed E-state index contributed by atoms with van der Waals surface area (Å²) >= 11 is 1.64. The van der Waals surface area contributed by atoms with Crippen LogP contribution in [0.2, 0.25) is 0 Å². The lowest BCUT2D eigenvalue weighted by molar-refractivity contribution is 0.0233. The summed E-state index contributed by atoms with van der Waals surface area (Å²) in [4.78, 5) is 18.1. The molecule has 1 N–H and O–H groups in total. The van der Waals surface area contributed by atoms with Crippen molar-refractivity contribution in [3.63, 3.8) is 0 Å². The van der Waals surface area contributed by atoms with Crippen LogP contribution in [0.15, 0.2) is 59.5 Å². The zero-order chi connectivity index (χ0) is 13.5. The summed E-state index contributed by atoms with van der Waals surface area (Å²) in [6.07, 6.45) is 2.00. The smallest absolute Gasteiger partial charge is 0.269 e. The minimum absolute atomic E-state index is 0.233. The predicted octanol–water partition coefficient (Wildman–Crippen LogP) is 3.27. The first-order valence-corrected chi connectivity index (χ1v) is 7.12. The first-order chi connectivity index (χ1) is 9.29. The summed E-state index contributed by atoms with van der Waals surface area (Å²) in [6, 6.07) is 17.1. The average Bonchev–Trinajstić information content (AvgIpc) is 2.48. The Morgan fingerprint density at radius 1 is 1.11 bits per heavy atom. The van der Waals surface area contributed by atoms with Gasteiger partial charge in [-0.25, -0.2) is 5.48 Å². The van der Waals surface area contributed by atoms with Gasteiger partial charge in [0.15, 0.2) is 0 Å². The maximum absolute atomic E-state index is 11.8. The highest BCUT2D eigenvalue weighted by Gasteiger charge is 2.05. The summed E-state index contributed by atoms with van der Waals surface area (Å²) in [5, 5.41) is 0. The van der Waals surface area contributed by atoms with Crippen molar-refractivity contribution in [1.82, 2.24) is 5.48 Å². The Balaban J connectivity index is 1.84. The first kappa shape index (κ1) is 13.6. The van der Waals surface area contributed by atoms with Crippen LogP contribution < -0.4 is 5.48 Å². The summed E-state index contributed by atoms with van der Waals surface area (Å²) < 4.78 is 0. The molecule has 0 heterocycles. The summed E-state index contributed by atoms with van der Waals surface area (Å²) in [5.41, 5.74) is 4.04. The van der Waals surface area contributed by atoms with E-state index in [-0.39, 0.29) is 5.91 Å². The van der Waals surface area contributed by atoms with Crippen LogP contribution in [0, 0.1) is 0 Å². The number of benzene rings is 2. The second kappa shape index (κ2) is 6.97. The van der Waals surface area contributed by atoms with E-state index in [1.807, 2.05) is 48.7 Å². The Bertz CT molecular complexity index is 526. The van der Waals surface area contributed by atoms with Gasteiger partial charge in [-0.05, 0) is 36.1 Å². The van der Waals surface area contributed by atoms with Crippen molar-refractivity contribution in [2.75, 3.05) is 6.26 Å². The van der Waals surface area contributed by atoms with Crippen molar-refractivity contribution in [3.05, 3.63) is 65.7 Å². The fourth-order valence-corrected chi connectivity index (χ4v) is 1.97. The Labute approximate surface area is 116 Å². The zero-order valence-corrected chi connectivity index (χ0v) is 11.4. The molecule has 0 saturated carbocycles. The van der Waals surface area contributed by atoms with Gasteiger partial charge in [-0.2, -0.15) is 0 Å². The molecule has 0 aliphatic carbocycles. The van der Waals surface area contributed by atoms with E-state index in [9.17, 15) is 4.79 Å². The number of carbonyl (C=O) groups excluding carboxylic acids is 1. The lowest BCUT2D eigenvalue weighted by Crippen LogP contribution is -2.23. The number of hydrogen-bond acceptors (Lipinski definition) is 3. The minimum Gasteiger partial charge on any atom is -0.269 e. The molecule has 0 bridgehead atoms. The molecule has 0 saturated heterocycles. The molecule has 0 atom stereocenters. The maximum Gasteiger partial charge on any atom is 0.274 e. The minimum atomic E-state index is -0.233. The van der Waals surface area contributed by atoms with Crippen LogP contribution in [0.1, 0.15) is 15.9 Å². The number of amides is 1. The van der Waals surface area contributed by atoms with E-state index in [0.717, 1.165) is 10.5 Å². The standard InChI is InChI=1S/C15H15NO2S/c1-19-14-9-7-13(8-10-14)15(17)16-18-11-12-5-3-2-4-6-12/h2-10H,11H2,1H3,(H,16,17). The van der Waals surface area contributed by atoms with Crippen molar-refractivity contribution in [3.8, 4) is 0 Å². The van der Waals surface area contributed by atoms with E-state index in [1.54, 1.807) is 23.9 Å². The number of rotatable bonds is 5. The highest BCUT2D eigenvalue weighted by molar-refractivity contribution is 7.98. The van der Waals surface area contributed by atoms with E-state index < -0.39 is 0 Å². The van der Waals surface area contributed by atoms with Crippen LogP contribution >= 0.6 is 11.8 Å². The molecular formula is C15H15NO2S. The van der Waals surface area contributed by atoms with E-state index in [4.69, 9.17) is 4.84 Å². The van der Waals surface area contributed by atoms with Crippen LogP contribution in [0.3, 0.4) is 0 Å². The fraction of sp³-hybridized carbons (Fsp3) is 0.133. The first-order valence-electron chi connectivity index (χ1n) is 5.89. The van der Waals surface area contributed by atoms with E-state index in [0.29, 0.717) is 12.2 Å². The topological polar surface area (TPSA) is 38.3 Å². The van der Waals surface area contributed by atoms with Crippen LogP contribution in [0.5, 0.6) is 0 Å². The van der Waals surface area contributed by atoms with Gasteiger partial charge in [0.2, 0.25) is 0 Å². The van der Waals surface area contributed by atoms with E-state index in [2.05, 4.69) is 5.48 Å². The Kier molecular flexibility index (Phi) is 5.01. The average molecular weight is 273 g/mol. The molecular weight excluding hydrogens is 258 g/mol. The number of thioether (sulfide) groups is 1. The summed E-state index contributed by atoms with van der Waals surface area (Å²) in [5.74, 6) is -0.233. The Morgan fingerprint density at radius 2 is 1.79 bits per heavy atom. The number of hydroxylamine groups is 1. The van der Waals surface area contributed by atoms with Gasteiger partial charge in [0.25, 0.3) is 5.91 Å². The molecule has 4 heteroatoms. The van der Waals surface area contributed by atoms with Gasteiger partial charge in [0, 0.05) is 10.5 Å². The van der Waals surface area contributed by atoms with Gasteiger partial charge in [-0.3, -0.25) is 9.63 Å². The van der Waals surface area contributed by atoms with Crippen LogP contribution in [-0.2, 0) is 11.4 Å². The lowest BCUT2D eigenvalue weighted by Gasteiger charge is -2.06. The van der Waals surface area contributed by atoms with Gasteiger partial charge in [-0.15, -0.1) is 11.8 Å². The Morgan fingerprint density at radius 3 is 2.42 bits per heavy atom. The van der Waals surface area contributed by atoms with Gasteiger partial charge in [0.05, 0.1) is 6.61 Å². The third-order valence-corrected chi connectivity index (χ3v) is 3.34. The Hall–Kier alpha value is -1.78. The third-order valence-electron chi connectivity index (χ3n) is 2.60. The molecule has 2 aromatic rings. The number of carbonyl (C=O) groups is 1. The number of nitrogens with one attached hydrogen (secondary N) is 1. The van der Waals surface area contributed by atoms with Crippen molar-refractivity contribution >= 4 is 17.7 Å². The maximum atomic E-state index is 11.8. The molecule has 98 valence electrons. The molecule has 0 unspecified atom stereocenters. The predicted molar refractivity (Wildman–Crippen MR) is 76.9 cm³/mol. The molecule has 2 aromatic carbocycles. The second-order valence-electron chi connectivity index (χ2n) is 3.93. The molecule has 0 aliphatic heterocycles. The van der Waals surface area contributed by atoms with Crippen molar-refractivity contribution < 1.29 is 9.63 Å². The molecule has 19 heavy (non-hydrogen) atoms. The molecule has 0 fully saturated rings.